The number of nitrogens with two attached hydrogens (primary N) is 3. The Morgan fingerprint density at radius 1 is 0.872 bits per heavy atom. The average molecular weight is 550 g/mol. The second kappa shape index (κ2) is 16.6. The minimum atomic E-state index is -1.52. The van der Waals surface area contributed by atoms with E-state index in [1.54, 1.807) is 44.2 Å². The van der Waals surface area contributed by atoms with Crippen molar-refractivity contribution < 1.29 is 34.2 Å². The fraction of sp³-hybridized carbons (Fsp3) is 0.520. The molecule has 4 atom stereocenters. The Bertz CT molecular complexity index is 1010. The van der Waals surface area contributed by atoms with E-state index in [2.05, 4.69) is 20.9 Å². The molecule has 0 aliphatic carbocycles. The van der Waals surface area contributed by atoms with Crippen LogP contribution in [-0.2, 0) is 30.4 Å². The zero-order valence-electron chi connectivity index (χ0n) is 22.1. The second-order valence-electron chi connectivity index (χ2n) is 9.49. The number of carboxylic acid groups (broad SMARTS) is 2. The predicted octanol–water partition coefficient (Wildman–Crippen LogP) is -1.33. The van der Waals surface area contributed by atoms with Crippen molar-refractivity contribution in [2.24, 2.45) is 28.1 Å². The van der Waals surface area contributed by atoms with Gasteiger partial charge < -0.3 is 43.4 Å². The van der Waals surface area contributed by atoms with Crippen LogP contribution in [0.25, 0.3) is 0 Å². The summed E-state index contributed by atoms with van der Waals surface area (Å²) >= 11 is 0. The largest absolute Gasteiger partial charge is 0.481 e. The van der Waals surface area contributed by atoms with Crippen LogP contribution in [0.1, 0.15) is 45.1 Å². The predicted molar refractivity (Wildman–Crippen MR) is 143 cm³/mol. The van der Waals surface area contributed by atoms with Crippen molar-refractivity contribution in [3.05, 3.63) is 35.9 Å². The molecule has 11 N–H and O–H groups in total. The first-order valence-corrected chi connectivity index (χ1v) is 12.5. The molecule has 0 aliphatic heterocycles. The molecule has 0 aliphatic rings. The van der Waals surface area contributed by atoms with E-state index in [1.807, 2.05) is 0 Å². The first-order chi connectivity index (χ1) is 18.3. The third kappa shape index (κ3) is 13.2. The summed E-state index contributed by atoms with van der Waals surface area (Å²) < 4.78 is 0. The topological polar surface area (TPSA) is 252 Å². The van der Waals surface area contributed by atoms with Crippen LogP contribution in [0.2, 0.25) is 0 Å². The van der Waals surface area contributed by atoms with Gasteiger partial charge in [0, 0.05) is 6.54 Å². The van der Waals surface area contributed by atoms with Crippen molar-refractivity contribution in [2.75, 3.05) is 6.54 Å². The molecule has 39 heavy (non-hydrogen) atoms. The fourth-order valence-corrected chi connectivity index (χ4v) is 3.63. The Balaban J connectivity index is 2.94. The lowest BCUT2D eigenvalue weighted by molar-refractivity contribution is -0.143. The molecule has 14 nitrogen and oxygen atoms in total. The zero-order chi connectivity index (χ0) is 29.5. The number of amides is 3. The number of hydrogen-bond donors (Lipinski definition) is 8. The first-order valence-electron chi connectivity index (χ1n) is 12.5. The monoisotopic (exact) mass is 549 g/mol. The van der Waals surface area contributed by atoms with Gasteiger partial charge in [-0.25, -0.2) is 4.79 Å². The molecule has 0 saturated carbocycles. The van der Waals surface area contributed by atoms with Crippen LogP contribution in [0.15, 0.2) is 35.3 Å². The normalized spacial score (nSPS) is 13.8. The molecular formula is C25H39N7O7. The van der Waals surface area contributed by atoms with E-state index >= 15 is 0 Å². The third-order valence-electron chi connectivity index (χ3n) is 5.55. The van der Waals surface area contributed by atoms with Gasteiger partial charge in [-0.2, -0.15) is 0 Å². The molecule has 216 valence electrons. The fourth-order valence-electron chi connectivity index (χ4n) is 3.63. The molecule has 1 aromatic carbocycles. The van der Waals surface area contributed by atoms with Gasteiger partial charge in [-0.05, 0) is 37.2 Å². The highest BCUT2D eigenvalue weighted by Gasteiger charge is 2.31. The average Bonchev–Trinajstić information content (AvgIpc) is 2.84. The van der Waals surface area contributed by atoms with Gasteiger partial charge in [-0.3, -0.25) is 24.2 Å². The highest BCUT2D eigenvalue weighted by molar-refractivity contribution is 5.95. The molecule has 0 radical (unpaired) electrons. The van der Waals surface area contributed by atoms with E-state index in [-0.39, 0.29) is 44.1 Å². The van der Waals surface area contributed by atoms with Gasteiger partial charge in [-0.15, -0.1) is 0 Å². The number of rotatable bonds is 17. The van der Waals surface area contributed by atoms with Gasteiger partial charge >= 0.3 is 11.9 Å². The minimum Gasteiger partial charge on any atom is -0.481 e. The molecule has 0 bridgehead atoms. The van der Waals surface area contributed by atoms with Crippen LogP contribution in [0.5, 0.6) is 0 Å². The number of nitrogens with one attached hydrogen (secondary N) is 3. The zero-order valence-corrected chi connectivity index (χ0v) is 22.1. The maximum Gasteiger partial charge on any atom is 0.326 e. The van der Waals surface area contributed by atoms with Crippen molar-refractivity contribution >= 4 is 35.6 Å². The van der Waals surface area contributed by atoms with E-state index < -0.39 is 60.2 Å². The summed E-state index contributed by atoms with van der Waals surface area (Å²) in [7, 11) is 0. The van der Waals surface area contributed by atoms with Crippen molar-refractivity contribution in [1.82, 2.24) is 16.0 Å². The molecule has 1 rings (SSSR count). The van der Waals surface area contributed by atoms with E-state index in [0.717, 1.165) is 5.56 Å². The quantitative estimate of drug-likeness (QED) is 0.0645. The van der Waals surface area contributed by atoms with Crippen molar-refractivity contribution in [3.8, 4) is 0 Å². The highest BCUT2D eigenvalue weighted by atomic mass is 16.4. The number of hydrogen-bond acceptors (Lipinski definition) is 7. The van der Waals surface area contributed by atoms with Crippen molar-refractivity contribution in [2.45, 2.75) is 70.1 Å². The molecule has 0 heterocycles. The Labute approximate surface area is 226 Å². The number of benzene rings is 1. The van der Waals surface area contributed by atoms with Crippen LogP contribution >= 0.6 is 0 Å². The number of nitrogens with zero attached hydrogens (tertiary/aromatic N) is 1. The highest BCUT2D eigenvalue weighted by Crippen LogP contribution is 2.09. The van der Waals surface area contributed by atoms with Gasteiger partial charge in [0.1, 0.15) is 18.1 Å². The van der Waals surface area contributed by atoms with E-state index in [1.165, 1.54) is 0 Å². The lowest BCUT2D eigenvalue weighted by atomic mass is 10.0. The van der Waals surface area contributed by atoms with Crippen LogP contribution in [0, 0.1) is 5.92 Å². The lowest BCUT2D eigenvalue weighted by Crippen LogP contribution is -2.57. The maximum atomic E-state index is 13.0. The van der Waals surface area contributed by atoms with Crippen LogP contribution < -0.4 is 33.2 Å². The van der Waals surface area contributed by atoms with Gasteiger partial charge in [0.2, 0.25) is 17.7 Å². The molecule has 0 fully saturated rings. The molecule has 14 heteroatoms. The SMILES string of the molecule is CC(C)CC(NC(=O)C(CC(=O)O)NC(=O)C(N)Cc1ccccc1)C(=O)NC(CCCN=C(N)N)C(=O)O. The summed E-state index contributed by atoms with van der Waals surface area (Å²) in [6.45, 7) is 3.74. The lowest BCUT2D eigenvalue weighted by Gasteiger charge is -2.25. The molecule has 0 spiro atoms. The van der Waals surface area contributed by atoms with Crippen molar-refractivity contribution in [3.63, 3.8) is 0 Å². The Morgan fingerprint density at radius 2 is 1.44 bits per heavy atom. The first kappa shape index (κ1) is 32.8. The number of carbonyl (C=O) groups is 5. The number of carbonyl (C=O) groups excluding carboxylic acids is 3. The summed E-state index contributed by atoms with van der Waals surface area (Å²) in [6, 6.07) is 3.86. The van der Waals surface area contributed by atoms with E-state index in [0.29, 0.717) is 0 Å². The standard InChI is InChI=1S/C25H39N7O7/c1-14(2)11-18(22(36)30-17(24(38)39)9-6-10-29-25(27)28)32-23(37)19(13-20(33)34)31-21(35)16(26)12-15-7-4-3-5-8-15/h3-5,7-8,14,16-19H,6,9-13,26H2,1-2H3,(H,30,36)(H,31,35)(H,32,37)(H,33,34)(H,38,39)(H4,27,28,29). The van der Waals surface area contributed by atoms with Gasteiger partial charge in [0.15, 0.2) is 5.96 Å². The van der Waals surface area contributed by atoms with Gasteiger partial charge in [0.25, 0.3) is 0 Å². The van der Waals surface area contributed by atoms with E-state index in [9.17, 15) is 34.2 Å². The Hall–Kier alpha value is -4.20. The van der Waals surface area contributed by atoms with Gasteiger partial charge in [-0.1, -0.05) is 44.2 Å². The molecule has 3 amide bonds. The summed E-state index contributed by atoms with van der Waals surface area (Å²) in [5.41, 5.74) is 17.2. The molecule has 0 aromatic heterocycles. The summed E-state index contributed by atoms with van der Waals surface area (Å²) in [5.74, 6) is -5.31. The minimum absolute atomic E-state index is 0.0250. The summed E-state index contributed by atoms with van der Waals surface area (Å²) in [6.07, 6.45) is -0.177. The maximum absolute atomic E-state index is 13.0. The molecule has 0 saturated heterocycles. The summed E-state index contributed by atoms with van der Waals surface area (Å²) in [5, 5.41) is 26.0. The second-order valence-corrected chi connectivity index (χ2v) is 9.49. The van der Waals surface area contributed by atoms with E-state index in [4.69, 9.17) is 17.2 Å². The Morgan fingerprint density at radius 3 is 1.97 bits per heavy atom. The smallest absolute Gasteiger partial charge is 0.326 e. The Kier molecular flexibility index (Phi) is 14.0. The number of guanidine groups is 1. The van der Waals surface area contributed by atoms with Crippen LogP contribution in [-0.4, -0.2) is 76.5 Å². The number of aliphatic carboxylic acids is 2. The molecular weight excluding hydrogens is 510 g/mol. The van der Waals surface area contributed by atoms with Gasteiger partial charge in [0.05, 0.1) is 12.5 Å². The number of carboxylic acids is 2. The molecule has 1 aromatic rings. The summed E-state index contributed by atoms with van der Waals surface area (Å²) in [4.78, 5) is 65.5. The van der Waals surface area contributed by atoms with Crippen LogP contribution in [0.4, 0.5) is 0 Å². The number of aliphatic imine (C=N–C) groups is 1. The van der Waals surface area contributed by atoms with Crippen molar-refractivity contribution in [1.29, 1.82) is 0 Å². The van der Waals surface area contributed by atoms with Crippen LogP contribution in [0.3, 0.4) is 0 Å². The third-order valence-corrected chi connectivity index (χ3v) is 5.55. The molecule has 4 unspecified atom stereocenters.